The number of hydrogen-bond donors (Lipinski definition) is 0. The first-order valence-corrected chi connectivity index (χ1v) is 5.00. The van der Waals surface area contributed by atoms with Crippen LogP contribution >= 0.6 is 0 Å². The van der Waals surface area contributed by atoms with Gasteiger partial charge in [0.25, 0.3) is 0 Å². The van der Waals surface area contributed by atoms with Crippen molar-refractivity contribution in [2.45, 2.75) is 18.5 Å². The number of hydrogen-bond acceptors (Lipinski definition) is 1. The lowest BCUT2D eigenvalue weighted by atomic mass is 9.94. The largest absolute Gasteiger partial charge is 0.487 e. The predicted molar refractivity (Wildman–Crippen MR) is 56.1 cm³/mol. The van der Waals surface area contributed by atoms with Gasteiger partial charge >= 0.3 is 18.5 Å². The summed E-state index contributed by atoms with van der Waals surface area (Å²) in [4.78, 5) is 0. The van der Waals surface area contributed by atoms with Crippen molar-refractivity contribution in [1.29, 1.82) is 0 Å². The van der Waals surface area contributed by atoms with Crippen LogP contribution in [0, 0.1) is 0 Å². The Morgan fingerprint density at radius 3 is 2.11 bits per heavy atom. The Morgan fingerprint density at radius 1 is 1.05 bits per heavy atom. The maximum absolute atomic E-state index is 12.6. The molecule has 0 unspecified atom stereocenters. The van der Waals surface area contributed by atoms with Gasteiger partial charge in [0.05, 0.1) is 5.56 Å². The zero-order chi connectivity index (χ0) is 14.8. The van der Waals surface area contributed by atoms with Gasteiger partial charge in [0, 0.05) is 0 Å². The minimum atomic E-state index is -4.67. The van der Waals surface area contributed by atoms with Crippen LogP contribution in [0.1, 0.15) is 5.56 Å². The summed E-state index contributed by atoms with van der Waals surface area (Å²) >= 11 is 0. The van der Waals surface area contributed by atoms with E-state index in [1.54, 1.807) is 0 Å². The van der Waals surface area contributed by atoms with Crippen LogP contribution in [0.3, 0.4) is 0 Å². The lowest BCUT2D eigenvalue weighted by Gasteiger charge is -2.17. The van der Waals surface area contributed by atoms with Crippen LogP contribution in [0.25, 0.3) is 0 Å². The van der Waals surface area contributed by atoms with E-state index in [0.29, 0.717) is 6.07 Å². The Hall–Kier alpha value is -1.41. The molecule has 0 heterocycles. The third-order valence-corrected chi connectivity index (χ3v) is 2.13. The molecule has 0 bridgehead atoms. The summed E-state index contributed by atoms with van der Waals surface area (Å²) in [6.45, 7) is -1.69. The van der Waals surface area contributed by atoms with Crippen LogP contribution < -0.4 is 10.2 Å². The van der Waals surface area contributed by atoms with E-state index in [9.17, 15) is 30.7 Å². The molecule has 0 fully saturated rings. The molecule has 0 aliphatic carbocycles. The van der Waals surface area contributed by atoms with Crippen LogP contribution in [0.4, 0.5) is 30.7 Å². The zero-order valence-corrected chi connectivity index (χ0v) is 9.57. The highest BCUT2D eigenvalue weighted by Crippen LogP contribution is 2.31. The SMILES string of the molecule is Bc1cc(OCC(F)(F)C(F)F)cc(C(F)(F)F)c1. The van der Waals surface area contributed by atoms with Crippen molar-refractivity contribution < 1.29 is 35.5 Å². The zero-order valence-electron chi connectivity index (χ0n) is 9.57. The van der Waals surface area contributed by atoms with Crippen molar-refractivity contribution in [2.75, 3.05) is 6.61 Å². The summed E-state index contributed by atoms with van der Waals surface area (Å²) < 4.78 is 90.4. The molecule has 1 aromatic rings. The standard InChI is InChI=1S/C10H8BF7O/c11-6-1-5(10(16,17)18)2-7(3-6)19-4-9(14,15)8(12)13/h1-3,8H,4,11H2. The number of alkyl halides is 7. The van der Waals surface area contributed by atoms with Gasteiger partial charge in [-0.25, -0.2) is 8.78 Å². The molecule has 1 nitrogen and oxygen atoms in total. The second kappa shape index (κ2) is 5.30. The second-order valence-electron chi connectivity index (χ2n) is 3.88. The van der Waals surface area contributed by atoms with Gasteiger partial charge in [0.1, 0.15) is 13.6 Å². The Bertz CT molecular complexity index is 444. The van der Waals surface area contributed by atoms with Crippen molar-refractivity contribution in [1.82, 2.24) is 0 Å². The minimum absolute atomic E-state index is 0.116. The van der Waals surface area contributed by atoms with E-state index in [4.69, 9.17) is 0 Å². The first-order chi connectivity index (χ1) is 8.52. The van der Waals surface area contributed by atoms with E-state index < -0.39 is 36.4 Å². The quantitative estimate of drug-likeness (QED) is 0.610. The monoisotopic (exact) mass is 288 g/mol. The van der Waals surface area contributed by atoms with Gasteiger partial charge in [-0.1, -0.05) is 11.5 Å². The fourth-order valence-electron chi connectivity index (χ4n) is 1.24. The number of benzene rings is 1. The normalized spacial score (nSPS) is 12.8. The molecule has 0 aliphatic rings. The molecule has 1 rings (SSSR count). The van der Waals surface area contributed by atoms with E-state index in [0.717, 1.165) is 12.1 Å². The fourth-order valence-corrected chi connectivity index (χ4v) is 1.24. The summed E-state index contributed by atoms with van der Waals surface area (Å²) in [5, 5.41) is 0. The third-order valence-electron chi connectivity index (χ3n) is 2.13. The van der Waals surface area contributed by atoms with E-state index >= 15 is 0 Å². The van der Waals surface area contributed by atoms with E-state index in [1.807, 2.05) is 0 Å². The summed E-state index contributed by atoms with van der Waals surface area (Å²) in [6, 6.07) is 2.32. The Labute approximate surface area is 104 Å². The summed E-state index contributed by atoms with van der Waals surface area (Å²) in [5.41, 5.74) is -0.979. The van der Waals surface area contributed by atoms with Gasteiger partial charge < -0.3 is 4.74 Å². The molecule has 106 valence electrons. The first kappa shape index (κ1) is 15.7. The van der Waals surface area contributed by atoms with Crippen LogP contribution in [0.5, 0.6) is 5.75 Å². The highest BCUT2D eigenvalue weighted by Gasteiger charge is 2.42. The molecular formula is C10H8BF7O. The van der Waals surface area contributed by atoms with Crippen LogP contribution in [-0.2, 0) is 6.18 Å². The van der Waals surface area contributed by atoms with Crippen molar-refractivity contribution in [3.63, 3.8) is 0 Å². The van der Waals surface area contributed by atoms with Gasteiger partial charge in [0.15, 0.2) is 6.61 Å². The smallest absolute Gasteiger partial charge is 0.416 e. The Balaban J connectivity index is 2.88. The molecule has 0 saturated carbocycles. The molecular weight excluding hydrogens is 280 g/mol. The van der Waals surface area contributed by atoms with Gasteiger partial charge in [0.2, 0.25) is 0 Å². The molecule has 0 radical (unpaired) electrons. The summed E-state index contributed by atoms with van der Waals surface area (Å²) in [7, 11) is 1.30. The molecule has 0 atom stereocenters. The molecule has 0 N–H and O–H groups in total. The van der Waals surface area contributed by atoms with Crippen molar-refractivity contribution in [2.24, 2.45) is 0 Å². The van der Waals surface area contributed by atoms with Gasteiger partial charge in [-0.2, -0.15) is 22.0 Å². The number of ether oxygens (including phenoxy) is 1. The molecule has 0 aliphatic heterocycles. The highest BCUT2D eigenvalue weighted by molar-refractivity contribution is 6.32. The molecule has 0 amide bonds. The van der Waals surface area contributed by atoms with Crippen molar-refractivity contribution in [3.8, 4) is 5.75 Å². The molecule has 0 saturated heterocycles. The Kier molecular flexibility index (Phi) is 4.37. The molecule has 19 heavy (non-hydrogen) atoms. The van der Waals surface area contributed by atoms with Gasteiger partial charge in [-0.15, -0.1) is 0 Å². The van der Waals surface area contributed by atoms with Crippen molar-refractivity contribution >= 4 is 13.3 Å². The average molecular weight is 288 g/mol. The summed E-state index contributed by atoms with van der Waals surface area (Å²) in [5.74, 6) is -4.95. The van der Waals surface area contributed by atoms with Gasteiger partial charge in [-0.3, -0.25) is 0 Å². The molecule has 9 heteroatoms. The predicted octanol–water partition coefficient (Wildman–Crippen LogP) is 2.24. The number of rotatable bonds is 4. The lowest BCUT2D eigenvalue weighted by Crippen LogP contribution is -2.34. The second-order valence-corrected chi connectivity index (χ2v) is 3.88. The maximum Gasteiger partial charge on any atom is 0.416 e. The topological polar surface area (TPSA) is 9.23 Å². The molecule has 0 spiro atoms. The molecule has 0 aromatic heterocycles. The Morgan fingerprint density at radius 2 is 1.63 bits per heavy atom. The minimum Gasteiger partial charge on any atom is -0.487 e. The van der Waals surface area contributed by atoms with E-state index in [1.165, 1.54) is 7.85 Å². The average Bonchev–Trinajstić information content (AvgIpc) is 2.24. The third kappa shape index (κ3) is 4.32. The van der Waals surface area contributed by atoms with Gasteiger partial charge in [-0.05, 0) is 12.1 Å². The van der Waals surface area contributed by atoms with E-state index in [2.05, 4.69) is 4.74 Å². The summed E-state index contributed by atoms with van der Waals surface area (Å²) in [6.07, 6.45) is -8.62. The van der Waals surface area contributed by atoms with Crippen LogP contribution in [-0.4, -0.2) is 26.8 Å². The number of halogens is 7. The molecule has 1 aromatic carbocycles. The highest BCUT2D eigenvalue weighted by atomic mass is 19.4. The van der Waals surface area contributed by atoms with Crippen molar-refractivity contribution in [3.05, 3.63) is 23.8 Å². The van der Waals surface area contributed by atoms with Crippen LogP contribution in [0.2, 0.25) is 0 Å². The van der Waals surface area contributed by atoms with Crippen LogP contribution in [0.15, 0.2) is 18.2 Å². The maximum atomic E-state index is 12.6. The van der Waals surface area contributed by atoms with E-state index in [-0.39, 0.29) is 5.46 Å². The fraction of sp³-hybridized carbons (Fsp3) is 0.400. The lowest BCUT2D eigenvalue weighted by molar-refractivity contribution is -0.148. The first-order valence-electron chi connectivity index (χ1n) is 5.00.